The van der Waals surface area contributed by atoms with Gasteiger partial charge >= 0.3 is 0 Å². The quantitative estimate of drug-likeness (QED) is 0.575. The van der Waals surface area contributed by atoms with Gasteiger partial charge in [0, 0.05) is 18.2 Å². The molecular weight excluding hydrogens is 280 g/mol. The fraction of sp³-hybridized carbons (Fsp3) is 0.238. The lowest BCUT2D eigenvalue weighted by atomic mass is 9.73. The van der Waals surface area contributed by atoms with E-state index in [0.717, 1.165) is 6.67 Å². The summed E-state index contributed by atoms with van der Waals surface area (Å²) in [5.74, 6) is 0. The van der Waals surface area contributed by atoms with Crippen LogP contribution in [0, 0.1) is 0 Å². The minimum Gasteiger partial charge on any atom is -0.355 e. The maximum atomic E-state index is 2.48. The number of hydrogen-bond acceptors (Lipinski definition) is 2. The molecule has 0 saturated carbocycles. The lowest BCUT2D eigenvalue weighted by Gasteiger charge is -2.39. The zero-order chi connectivity index (χ0) is 15.8. The van der Waals surface area contributed by atoms with Gasteiger partial charge in [0.05, 0.1) is 18.0 Å². The van der Waals surface area contributed by atoms with Crippen molar-refractivity contribution in [3.8, 4) is 0 Å². The Morgan fingerprint density at radius 3 is 2.35 bits per heavy atom. The fourth-order valence-electron chi connectivity index (χ4n) is 4.28. The average Bonchev–Trinajstić information content (AvgIpc) is 2.90. The van der Waals surface area contributed by atoms with Gasteiger partial charge in [0.2, 0.25) is 0 Å². The molecule has 2 aliphatic heterocycles. The second-order valence-electron chi connectivity index (χ2n) is 7.28. The van der Waals surface area contributed by atoms with Crippen LogP contribution >= 0.6 is 0 Å². The van der Waals surface area contributed by atoms with Crippen molar-refractivity contribution in [3.63, 3.8) is 0 Å². The van der Waals surface area contributed by atoms with E-state index in [1.165, 1.54) is 39.0 Å². The Balaban J connectivity index is 1.89. The van der Waals surface area contributed by atoms with Gasteiger partial charge in [-0.15, -0.1) is 0 Å². The van der Waals surface area contributed by atoms with Crippen LogP contribution < -0.4 is 9.80 Å². The Morgan fingerprint density at radius 2 is 1.57 bits per heavy atom. The molecule has 3 aromatic rings. The number of anilines is 3. The van der Waals surface area contributed by atoms with E-state index in [9.17, 15) is 0 Å². The minimum absolute atomic E-state index is 0.0202. The molecule has 2 heteroatoms. The highest BCUT2D eigenvalue weighted by atomic mass is 15.4. The van der Waals surface area contributed by atoms with Gasteiger partial charge in [-0.05, 0) is 40.1 Å². The highest BCUT2D eigenvalue weighted by molar-refractivity contribution is 5.96. The van der Waals surface area contributed by atoms with E-state index in [2.05, 4.69) is 85.3 Å². The van der Waals surface area contributed by atoms with Crippen molar-refractivity contribution < 1.29 is 0 Å². The molecular formula is C21H20N2. The normalized spacial score (nSPS) is 17.3. The molecule has 0 saturated heterocycles. The molecule has 3 aromatic carbocycles. The van der Waals surface area contributed by atoms with Crippen LogP contribution in [-0.2, 0) is 5.41 Å². The van der Waals surface area contributed by atoms with E-state index in [0.29, 0.717) is 0 Å². The maximum absolute atomic E-state index is 2.48. The van der Waals surface area contributed by atoms with E-state index in [4.69, 9.17) is 0 Å². The van der Waals surface area contributed by atoms with Crippen molar-refractivity contribution in [1.82, 2.24) is 0 Å². The van der Waals surface area contributed by atoms with Crippen LogP contribution in [-0.4, -0.2) is 13.7 Å². The number of benzene rings is 3. The number of hydrogen-bond donors (Lipinski definition) is 0. The van der Waals surface area contributed by atoms with Crippen molar-refractivity contribution in [2.45, 2.75) is 19.3 Å². The molecule has 2 nitrogen and oxygen atoms in total. The molecule has 0 atom stereocenters. The third kappa shape index (κ3) is 1.53. The predicted molar refractivity (Wildman–Crippen MR) is 97.9 cm³/mol. The van der Waals surface area contributed by atoms with Crippen LogP contribution in [0.5, 0.6) is 0 Å². The summed E-state index contributed by atoms with van der Waals surface area (Å²) < 4.78 is 0. The highest BCUT2D eigenvalue weighted by Crippen LogP contribution is 2.55. The van der Waals surface area contributed by atoms with Crippen molar-refractivity contribution in [2.75, 3.05) is 23.5 Å². The van der Waals surface area contributed by atoms with Gasteiger partial charge in [-0.3, -0.25) is 0 Å². The van der Waals surface area contributed by atoms with Crippen LogP contribution in [0.3, 0.4) is 0 Å². The third-order valence-corrected chi connectivity index (χ3v) is 5.55. The molecule has 0 aromatic heterocycles. The molecule has 0 unspecified atom stereocenters. The first kappa shape index (κ1) is 13.0. The lowest BCUT2D eigenvalue weighted by Crippen LogP contribution is -2.32. The summed E-state index contributed by atoms with van der Waals surface area (Å²) in [6.45, 7) is 5.63. The molecule has 5 rings (SSSR count). The molecule has 0 fully saturated rings. The number of fused-ring (bicyclic) bond motifs is 3. The van der Waals surface area contributed by atoms with Crippen LogP contribution in [0.2, 0.25) is 0 Å². The standard InChI is InChI=1S/C21H20N2/c1-21(2)16-9-6-10-18-20(16)23(13-22(18)3)19-12-15-8-5-4-7-14(15)11-17(19)21/h4-12H,13H2,1-3H3. The monoisotopic (exact) mass is 300 g/mol. The average molecular weight is 300 g/mol. The molecule has 23 heavy (non-hydrogen) atoms. The largest absolute Gasteiger partial charge is 0.355 e. The van der Waals surface area contributed by atoms with Gasteiger partial charge in [0.25, 0.3) is 0 Å². The molecule has 0 aliphatic carbocycles. The second kappa shape index (κ2) is 4.08. The van der Waals surface area contributed by atoms with Gasteiger partial charge in [0.1, 0.15) is 0 Å². The van der Waals surface area contributed by atoms with Gasteiger partial charge in [-0.1, -0.05) is 50.2 Å². The van der Waals surface area contributed by atoms with Gasteiger partial charge in [-0.2, -0.15) is 0 Å². The van der Waals surface area contributed by atoms with E-state index < -0.39 is 0 Å². The number of para-hydroxylation sites is 1. The molecule has 0 N–H and O–H groups in total. The molecule has 0 radical (unpaired) electrons. The highest BCUT2D eigenvalue weighted by Gasteiger charge is 2.41. The minimum atomic E-state index is 0.0202. The van der Waals surface area contributed by atoms with Gasteiger partial charge in [0.15, 0.2) is 0 Å². The Kier molecular flexibility index (Phi) is 2.31. The molecule has 2 heterocycles. The molecule has 0 amide bonds. The Bertz CT molecular complexity index is 955. The summed E-state index contributed by atoms with van der Waals surface area (Å²) in [7, 11) is 2.18. The zero-order valence-corrected chi connectivity index (χ0v) is 13.8. The summed E-state index contributed by atoms with van der Waals surface area (Å²) >= 11 is 0. The lowest BCUT2D eigenvalue weighted by molar-refractivity contribution is 0.630. The van der Waals surface area contributed by atoms with Crippen LogP contribution in [0.15, 0.2) is 54.6 Å². The molecule has 0 spiro atoms. The predicted octanol–water partition coefficient (Wildman–Crippen LogP) is 5.02. The van der Waals surface area contributed by atoms with Gasteiger partial charge in [-0.25, -0.2) is 0 Å². The SMILES string of the molecule is CN1CN2c3cc4ccccc4cc3C(C)(C)c3cccc1c32. The maximum Gasteiger partial charge on any atom is 0.0950 e. The van der Waals surface area contributed by atoms with Crippen LogP contribution in [0.1, 0.15) is 25.0 Å². The first-order valence-corrected chi connectivity index (χ1v) is 8.23. The van der Waals surface area contributed by atoms with E-state index in [1.54, 1.807) is 0 Å². The fourth-order valence-corrected chi connectivity index (χ4v) is 4.28. The third-order valence-electron chi connectivity index (χ3n) is 5.55. The Hall–Kier alpha value is -2.48. The summed E-state index contributed by atoms with van der Waals surface area (Å²) in [6.07, 6.45) is 0. The van der Waals surface area contributed by atoms with E-state index in [1.807, 2.05) is 0 Å². The first-order valence-electron chi connectivity index (χ1n) is 8.23. The molecule has 114 valence electrons. The topological polar surface area (TPSA) is 6.48 Å². The van der Waals surface area contributed by atoms with E-state index in [-0.39, 0.29) is 5.41 Å². The van der Waals surface area contributed by atoms with Crippen molar-refractivity contribution >= 4 is 27.8 Å². The zero-order valence-electron chi connectivity index (χ0n) is 13.8. The summed E-state index contributed by atoms with van der Waals surface area (Å²) in [5, 5.41) is 2.64. The second-order valence-corrected chi connectivity index (χ2v) is 7.28. The van der Waals surface area contributed by atoms with Crippen LogP contribution in [0.4, 0.5) is 17.1 Å². The number of rotatable bonds is 0. The van der Waals surface area contributed by atoms with Crippen molar-refractivity contribution in [3.05, 3.63) is 65.7 Å². The Labute approximate surface area is 137 Å². The van der Waals surface area contributed by atoms with Crippen molar-refractivity contribution in [2.24, 2.45) is 0 Å². The first-order chi connectivity index (χ1) is 11.1. The van der Waals surface area contributed by atoms with Crippen molar-refractivity contribution in [1.29, 1.82) is 0 Å². The molecule has 0 bridgehead atoms. The smallest absolute Gasteiger partial charge is 0.0950 e. The summed E-state index contributed by atoms with van der Waals surface area (Å²) in [6, 6.07) is 20.2. The molecule has 2 aliphatic rings. The Morgan fingerprint density at radius 1 is 0.826 bits per heavy atom. The van der Waals surface area contributed by atoms with Gasteiger partial charge < -0.3 is 9.80 Å². The summed E-state index contributed by atoms with van der Waals surface area (Å²) in [5.41, 5.74) is 6.97. The van der Waals surface area contributed by atoms with Crippen LogP contribution in [0.25, 0.3) is 10.8 Å². The summed E-state index contributed by atoms with van der Waals surface area (Å²) in [4.78, 5) is 4.83. The van der Waals surface area contributed by atoms with E-state index >= 15 is 0 Å². The number of nitrogens with zero attached hydrogens (tertiary/aromatic N) is 2.